The third-order valence-electron chi connectivity index (χ3n) is 11.3. The van der Waals surface area contributed by atoms with Gasteiger partial charge in [-0.15, -0.1) is 0 Å². The molecule has 3 aliphatic rings. The van der Waals surface area contributed by atoms with E-state index in [4.69, 9.17) is 10.5 Å². The number of hydrogen-bond acceptors (Lipinski definition) is 15. The van der Waals surface area contributed by atoms with Crippen LogP contribution in [0, 0.1) is 0 Å². The minimum absolute atomic E-state index is 0.00267. The van der Waals surface area contributed by atoms with Crippen molar-refractivity contribution < 1.29 is 59.3 Å². The Hall–Kier alpha value is -4.13. The van der Waals surface area contributed by atoms with Crippen molar-refractivity contribution in [3.05, 3.63) is 29.8 Å². The Kier molecular flexibility index (Phi) is 22.7. The molecule has 1 aromatic rings. The number of carboxylic acids is 2. The summed E-state index contributed by atoms with van der Waals surface area (Å²) in [4.78, 5) is 89.2. The topological polar surface area (TPSA) is 275 Å². The molecule has 3 fully saturated rings. The quantitative estimate of drug-likeness (QED) is 0.0303. The highest BCUT2D eigenvalue weighted by Crippen LogP contribution is 2.33. The van der Waals surface area contributed by atoms with E-state index in [1.54, 1.807) is 29.2 Å². The molecule has 62 heavy (non-hydrogen) atoms. The molecular formula is C40H65N9O12S. The molecule has 3 heterocycles. The molecular weight excluding hydrogens is 831 g/mol. The van der Waals surface area contributed by atoms with E-state index in [0.29, 0.717) is 102 Å². The van der Waals surface area contributed by atoms with Gasteiger partial charge < -0.3 is 31.5 Å². The molecule has 22 heteroatoms. The molecule has 3 saturated heterocycles. The first-order chi connectivity index (χ1) is 29.9. The van der Waals surface area contributed by atoms with Crippen molar-refractivity contribution in [2.75, 3.05) is 103 Å². The van der Waals surface area contributed by atoms with Crippen LogP contribution in [0.4, 0.5) is 15.3 Å². The highest BCUT2D eigenvalue weighted by molar-refractivity contribution is 8.00. The van der Waals surface area contributed by atoms with Crippen molar-refractivity contribution in [1.29, 1.82) is 0 Å². The molecule has 3 aliphatic heterocycles. The summed E-state index contributed by atoms with van der Waals surface area (Å²) in [6.45, 7) is 3.79. The molecule has 0 aromatic heterocycles. The minimum atomic E-state index is -1.04. The van der Waals surface area contributed by atoms with E-state index in [9.17, 15) is 39.0 Å². The van der Waals surface area contributed by atoms with E-state index in [1.165, 1.54) is 0 Å². The number of imide groups is 1. The Morgan fingerprint density at radius 3 is 2.05 bits per heavy atom. The number of fused-ring (bicyclic) bond motifs is 1. The average molecular weight is 896 g/mol. The molecule has 0 bridgehead atoms. The fourth-order valence-electron chi connectivity index (χ4n) is 7.97. The maximum absolute atomic E-state index is 12.6. The van der Waals surface area contributed by atoms with Gasteiger partial charge in [0.05, 0.1) is 38.4 Å². The van der Waals surface area contributed by atoms with Gasteiger partial charge >= 0.3 is 24.0 Å². The van der Waals surface area contributed by atoms with Crippen LogP contribution in [0.2, 0.25) is 0 Å². The Balaban J connectivity index is 1.20. The van der Waals surface area contributed by atoms with Crippen LogP contribution in [0.3, 0.4) is 0 Å². The lowest BCUT2D eigenvalue weighted by Crippen LogP contribution is -2.53. The number of hydrogen-bond donors (Lipinski definition) is 9. The normalized spacial score (nSPS) is 21.8. The Bertz CT molecular complexity index is 1580. The number of anilines is 1. The van der Waals surface area contributed by atoms with Gasteiger partial charge in [0, 0.05) is 101 Å². The number of thioether (sulfide) groups is 1. The van der Waals surface area contributed by atoms with Gasteiger partial charge in [0.15, 0.2) is 0 Å². The predicted molar refractivity (Wildman–Crippen MR) is 230 cm³/mol. The zero-order valence-corrected chi connectivity index (χ0v) is 36.2. The maximum Gasteiger partial charge on any atom is 0.325 e. The molecule has 0 saturated carbocycles. The highest BCUT2D eigenvalue weighted by Gasteiger charge is 2.42. The number of carboxylic acid groups (broad SMARTS) is 2. The van der Waals surface area contributed by atoms with Crippen LogP contribution in [0.5, 0.6) is 0 Å². The van der Waals surface area contributed by atoms with E-state index >= 15 is 0 Å². The summed E-state index contributed by atoms with van der Waals surface area (Å²) in [5.41, 5.74) is 1.25. The van der Waals surface area contributed by atoms with Crippen LogP contribution in [-0.4, -0.2) is 197 Å². The molecule has 21 nitrogen and oxygen atoms in total. The van der Waals surface area contributed by atoms with Crippen molar-refractivity contribution in [3.63, 3.8) is 0 Å². The molecule has 4 atom stereocenters. The molecule has 4 unspecified atom stereocenters. The number of nitrogens with zero attached hydrogens (tertiary/aromatic N) is 4. The number of unbranched alkanes of at least 4 members (excludes halogenated alkanes) is 3. The minimum Gasteiger partial charge on any atom is -0.480 e. The van der Waals surface area contributed by atoms with Gasteiger partial charge in [-0.25, -0.2) is 19.4 Å². The lowest BCUT2D eigenvalue weighted by Gasteiger charge is -2.38. The van der Waals surface area contributed by atoms with Gasteiger partial charge in [0.1, 0.15) is 0 Å². The maximum atomic E-state index is 12.6. The second kappa shape index (κ2) is 27.8. The number of aliphatic carboxylic acids is 2. The monoisotopic (exact) mass is 895 g/mol. The van der Waals surface area contributed by atoms with Crippen molar-refractivity contribution in [2.45, 2.75) is 81.2 Å². The average Bonchev–Trinajstić information content (AvgIpc) is 3.78. The summed E-state index contributed by atoms with van der Waals surface area (Å²) in [6, 6.07) is 6.09. The number of carbonyl (C=O) groups excluding carboxylic acids is 4. The van der Waals surface area contributed by atoms with Crippen LogP contribution >= 0.6 is 11.8 Å². The molecule has 6 amide bonds. The molecule has 0 aliphatic carbocycles. The van der Waals surface area contributed by atoms with Gasteiger partial charge in [-0.1, -0.05) is 25.0 Å². The van der Waals surface area contributed by atoms with Crippen LogP contribution < -0.4 is 26.6 Å². The fourth-order valence-corrected chi connectivity index (χ4v) is 9.51. The van der Waals surface area contributed by atoms with Gasteiger partial charge in [-0.05, 0) is 49.8 Å². The highest BCUT2D eigenvalue weighted by atomic mass is 32.2. The molecule has 348 valence electrons. The fraction of sp³-hybridized carbons (Fsp3) is 0.700. The third-order valence-corrected chi connectivity index (χ3v) is 12.8. The zero-order chi connectivity index (χ0) is 44.7. The SMILES string of the molecule is O=C(O)CN1CCN(CCOO)CCN(CCOO)CCN(CC(=O)O)C(Cc2ccc(NC(=O)NC(=O)CCCCCNC(=O)CCCCC3SCC4NC(=O)NC43)cc2)C1. The van der Waals surface area contributed by atoms with Crippen LogP contribution in [0.1, 0.15) is 56.9 Å². The van der Waals surface area contributed by atoms with Crippen LogP contribution in [-0.2, 0) is 35.4 Å². The number of amides is 6. The molecule has 0 spiro atoms. The van der Waals surface area contributed by atoms with Crippen molar-refractivity contribution >= 4 is 53.3 Å². The number of benzene rings is 1. The summed E-state index contributed by atoms with van der Waals surface area (Å²) < 4.78 is 0. The lowest BCUT2D eigenvalue weighted by atomic mass is 10.0. The van der Waals surface area contributed by atoms with E-state index in [2.05, 4.69) is 36.4 Å². The molecule has 1 aromatic carbocycles. The Morgan fingerprint density at radius 1 is 0.758 bits per heavy atom. The smallest absolute Gasteiger partial charge is 0.325 e. The van der Waals surface area contributed by atoms with Crippen LogP contribution in [0.25, 0.3) is 0 Å². The number of rotatable bonds is 24. The van der Waals surface area contributed by atoms with Crippen molar-refractivity contribution in [3.8, 4) is 0 Å². The molecule has 0 radical (unpaired) electrons. The first kappa shape index (κ1) is 50.5. The summed E-state index contributed by atoms with van der Waals surface area (Å²) in [5.74, 6) is -1.57. The lowest BCUT2D eigenvalue weighted by molar-refractivity contribution is -0.245. The van der Waals surface area contributed by atoms with Crippen LogP contribution in [0.15, 0.2) is 24.3 Å². The van der Waals surface area contributed by atoms with Crippen molar-refractivity contribution in [1.82, 2.24) is 40.9 Å². The van der Waals surface area contributed by atoms with Gasteiger partial charge in [0.2, 0.25) is 11.8 Å². The first-order valence-corrected chi connectivity index (χ1v) is 22.5. The van der Waals surface area contributed by atoms with Crippen molar-refractivity contribution in [2.24, 2.45) is 0 Å². The summed E-state index contributed by atoms with van der Waals surface area (Å²) in [6.07, 6.45) is 5.57. The molecule has 9 N–H and O–H groups in total. The Morgan fingerprint density at radius 2 is 1.39 bits per heavy atom. The second-order valence-electron chi connectivity index (χ2n) is 15.9. The second-order valence-corrected chi connectivity index (χ2v) is 17.2. The Labute approximate surface area is 366 Å². The van der Waals surface area contributed by atoms with Gasteiger partial charge in [-0.2, -0.15) is 11.8 Å². The summed E-state index contributed by atoms with van der Waals surface area (Å²) in [5, 5.41) is 51.8. The van der Waals surface area contributed by atoms with E-state index in [1.807, 2.05) is 26.5 Å². The van der Waals surface area contributed by atoms with E-state index in [0.717, 1.165) is 30.6 Å². The standard InChI is InChI=1S/C40H65N9O12S/c50-34(7-4-3-6-33-38-32(28-62-33)43-40(57)45-38)41-13-5-1-2-8-35(51)44-39(56)42-30-11-9-29(10-12-30)24-31-25-48(26-36(52)53)17-16-46(20-22-60-58)14-15-47(21-23-61-59)18-19-49(31)27-37(54)55/h9-12,31-33,38,58-59H,1-8,13-28H2,(H,41,50)(H,52,53)(H,54,55)(H2,43,45,57)(H2,42,44,51,56). The van der Waals surface area contributed by atoms with Gasteiger partial charge in [-0.3, -0.25) is 54.6 Å². The third kappa shape index (κ3) is 19.1. The number of nitrogens with one attached hydrogen (secondary N) is 5. The summed E-state index contributed by atoms with van der Waals surface area (Å²) >= 11 is 1.86. The van der Waals surface area contributed by atoms with Gasteiger partial charge in [0.25, 0.3) is 0 Å². The largest absolute Gasteiger partial charge is 0.480 e. The predicted octanol–water partition coefficient (Wildman–Crippen LogP) is 1.02. The molecule has 4 rings (SSSR count). The van der Waals surface area contributed by atoms with E-state index < -0.39 is 29.9 Å². The zero-order valence-electron chi connectivity index (χ0n) is 35.3. The van der Waals surface area contributed by atoms with E-state index in [-0.39, 0.29) is 63.3 Å². The first-order valence-electron chi connectivity index (χ1n) is 21.4. The number of carbonyl (C=O) groups is 6. The summed E-state index contributed by atoms with van der Waals surface area (Å²) in [7, 11) is 0. The number of urea groups is 2.